The molecule has 1 amide bonds. The van der Waals surface area contributed by atoms with Crippen molar-refractivity contribution < 1.29 is 14.1 Å². The lowest BCUT2D eigenvalue weighted by molar-refractivity contribution is 0.0676. The highest BCUT2D eigenvalue weighted by Gasteiger charge is 2.26. The normalized spacial score (nSPS) is 16.7. The van der Waals surface area contributed by atoms with Crippen LogP contribution in [0.4, 0.5) is 0 Å². The van der Waals surface area contributed by atoms with Crippen molar-refractivity contribution in [3.8, 4) is 5.75 Å². The second-order valence-corrected chi connectivity index (χ2v) is 6.50. The second kappa shape index (κ2) is 7.65. The Hall–Kier alpha value is -2.41. The summed E-state index contributed by atoms with van der Waals surface area (Å²) in [7, 11) is 0. The van der Waals surface area contributed by atoms with E-state index in [4.69, 9.17) is 15.0 Å². The lowest BCUT2D eigenvalue weighted by atomic mass is 9.90. The molecule has 2 N–H and O–H groups in total. The van der Waals surface area contributed by atoms with Crippen LogP contribution in [0, 0.1) is 12.8 Å². The topological polar surface area (TPSA) is 94.5 Å². The van der Waals surface area contributed by atoms with Crippen molar-refractivity contribution in [2.45, 2.75) is 39.3 Å². The van der Waals surface area contributed by atoms with E-state index in [1.54, 1.807) is 19.1 Å². The molecule has 3 rings (SSSR count). The first-order valence-corrected chi connectivity index (χ1v) is 8.60. The SMILES string of the molecule is Cc1nc(COc2ccccc2C(=O)N2CCC(C(C)N)CC2)no1. The molecule has 1 aromatic carbocycles. The van der Waals surface area contributed by atoms with Gasteiger partial charge < -0.3 is 19.9 Å². The van der Waals surface area contributed by atoms with E-state index in [0.29, 0.717) is 28.9 Å². The number of nitrogens with zero attached hydrogens (tertiary/aromatic N) is 3. The van der Waals surface area contributed by atoms with Crippen LogP contribution in [0.5, 0.6) is 5.75 Å². The molecule has 0 spiro atoms. The zero-order valence-corrected chi connectivity index (χ0v) is 14.6. The Balaban J connectivity index is 1.66. The van der Waals surface area contributed by atoms with Gasteiger partial charge in [-0.25, -0.2) is 0 Å². The highest BCUT2D eigenvalue weighted by molar-refractivity contribution is 5.97. The molecule has 0 saturated carbocycles. The van der Waals surface area contributed by atoms with Crippen LogP contribution in [0.15, 0.2) is 28.8 Å². The Morgan fingerprint density at radius 1 is 1.40 bits per heavy atom. The molecule has 1 saturated heterocycles. The molecule has 1 aliphatic rings. The molecule has 0 radical (unpaired) electrons. The molecule has 1 unspecified atom stereocenters. The summed E-state index contributed by atoms with van der Waals surface area (Å²) in [5, 5.41) is 3.80. The monoisotopic (exact) mass is 344 g/mol. The van der Waals surface area contributed by atoms with Gasteiger partial charge in [0.15, 0.2) is 6.61 Å². The Kier molecular flexibility index (Phi) is 5.33. The first-order chi connectivity index (χ1) is 12.0. The zero-order valence-electron chi connectivity index (χ0n) is 14.6. The largest absolute Gasteiger partial charge is 0.485 e. The molecule has 1 aliphatic heterocycles. The summed E-state index contributed by atoms with van der Waals surface area (Å²) in [5.41, 5.74) is 6.53. The first-order valence-electron chi connectivity index (χ1n) is 8.60. The summed E-state index contributed by atoms with van der Waals surface area (Å²) in [5.74, 6) is 1.95. The summed E-state index contributed by atoms with van der Waals surface area (Å²) >= 11 is 0. The molecule has 1 aromatic heterocycles. The number of carbonyl (C=O) groups excluding carboxylic acids is 1. The number of para-hydroxylation sites is 1. The van der Waals surface area contributed by atoms with Crippen molar-refractivity contribution in [2.24, 2.45) is 11.7 Å². The maximum Gasteiger partial charge on any atom is 0.257 e. The molecular formula is C18H24N4O3. The van der Waals surface area contributed by atoms with E-state index >= 15 is 0 Å². The lowest BCUT2D eigenvalue weighted by Crippen LogP contribution is -2.42. The third kappa shape index (κ3) is 4.17. The van der Waals surface area contributed by atoms with Gasteiger partial charge in [0.1, 0.15) is 5.75 Å². The smallest absolute Gasteiger partial charge is 0.257 e. The van der Waals surface area contributed by atoms with E-state index in [1.165, 1.54) is 0 Å². The van der Waals surface area contributed by atoms with Crippen LogP contribution in [-0.4, -0.2) is 40.1 Å². The number of nitrogens with two attached hydrogens (primary N) is 1. The molecule has 2 aromatic rings. The first kappa shape index (κ1) is 17.4. The molecule has 25 heavy (non-hydrogen) atoms. The molecule has 0 bridgehead atoms. The third-order valence-corrected chi connectivity index (χ3v) is 4.61. The van der Waals surface area contributed by atoms with Crippen molar-refractivity contribution in [3.05, 3.63) is 41.5 Å². The fourth-order valence-electron chi connectivity index (χ4n) is 3.11. The molecule has 134 valence electrons. The van der Waals surface area contributed by atoms with Crippen LogP contribution in [0.1, 0.15) is 41.8 Å². The maximum atomic E-state index is 12.9. The lowest BCUT2D eigenvalue weighted by Gasteiger charge is -2.34. The van der Waals surface area contributed by atoms with Gasteiger partial charge in [0, 0.05) is 26.1 Å². The molecule has 1 atom stereocenters. The summed E-state index contributed by atoms with van der Waals surface area (Å²) < 4.78 is 10.7. The summed E-state index contributed by atoms with van der Waals surface area (Å²) in [6.45, 7) is 5.37. The van der Waals surface area contributed by atoms with Crippen LogP contribution in [0.2, 0.25) is 0 Å². The van der Waals surface area contributed by atoms with Crippen LogP contribution < -0.4 is 10.5 Å². The quantitative estimate of drug-likeness (QED) is 0.893. The number of carbonyl (C=O) groups is 1. The summed E-state index contributed by atoms with van der Waals surface area (Å²) in [6.07, 6.45) is 1.88. The number of piperidine rings is 1. The van der Waals surface area contributed by atoms with Crippen molar-refractivity contribution in [3.63, 3.8) is 0 Å². The third-order valence-electron chi connectivity index (χ3n) is 4.61. The van der Waals surface area contributed by atoms with E-state index < -0.39 is 0 Å². The van der Waals surface area contributed by atoms with E-state index in [1.807, 2.05) is 24.0 Å². The zero-order chi connectivity index (χ0) is 17.8. The van der Waals surface area contributed by atoms with E-state index in [-0.39, 0.29) is 18.6 Å². The number of aromatic nitrogens is 2. The highest BCUT2D eigenvalue weighted by Crippen LogP contribution is 2.25. The average Bonchev–Trinajstić information content (AvgIpc) is 3.05. The van der Waals surface area contributed by atoms with Gasteiger partial charge in [-0.2, -0.15) is 4.98 Å². The Labute approximate surface area is 147 Å². The molecule has 2 heterocycles. The number of ether oxygens (including phenoxy) is 1. The molecule has 1 fully saturated rings. The Morgan fingerprint density at radius 2 is 2.12 bits per heavy atom. The maximum absolute atomic E-state index is 12.9. The van der Waals surface area contributed by atoms with Crippen molar-refractivity contribution in [2.75, 3.05) is 13.1 Å². The molecule has 7 heteroatoms. The van der Waals surface area contributed by atoms with Crippen LogP contribution >= 0.6 is 0 Å². The fourth-order valence-corrected chi connectivity index (χ4v) is 3.11. The van der Waals surface area contributed by atoms with E-state index in [9.17, 15) is 4.79 Å². The minimum atomic E-state index is -0.0111. The molecule has 0 aliphatic carbocycles. The summed E-state index contributed by atoms with van der Waals surface area (Å²) in [4.78, 5) is 18.9. The van der Waals surface area contributed by atoms with E-state index in [2.05, 4.69) is 10.1 Å². The van der Waals surface area contributed by atoms with Crippen molar-refractivity contribution in [1.29, 1.82) is 0 Å². The number of benzene rings is 1. The predicted molar refractivity (Wildman–Crippen MR) is 92.1 cm³/mol. The number of aryl methyl sites for hydroxylation is 1. The molecular weight excluding hydrogens is 320 g/mol. The predicted octanol–water partition coefficient (Wildman–Crippen LogP) is 2.16. The van der Waals surface area contributed by atoms with Crippen molar-refractivity contribution in [1.82, 2.24) is 15.0 Å². The van der Waals surface area contributed by atoms with Gasteiger partial charge in [-0.1, -0.05) is 17.3 Å². The van der Waals surface area contributed by atoms with E-state index in [0.717, 1.165) is 25.9 Å². The number of likely N-dealkylation sites (tertiary alicyclic amines) is 1. The van der Waals surface area contributed by atoms with Crippen LogP contribution in [0.3, 0.4) is 0 Å². The minimum absolute atomic E-state index is 0.0111. The van der Waals surface area contributed by atoms with Gasteiger partial charge >= 0.3 is 0 Å². The van der Waals surface area contributed by atoms with Crippen LogP contribution in [-0.2, 0) is 6.61 Å². The number of hydrogen-bond donors (Lipinski definition) is 1. The van der Waals surface area contributed by atoms with Gasteiger partial charge in [-0.3, -0.25) is 4.79 Å². The van der Waals surface area contributed by atoms with Gasteiger partial charge in [-0.15, -0.1) is 0 Å². The highest BCUT2D eigenvalue weighted by atomic mass is 16.5. The van der Waals surface area contributed by atoms with Crippen LogP contribution in [0.25, 0.3) is 0 Å². The number of amides is 1. The fraction of sp³-hybridized carbons (Fsp3) is 0.500. The van der Waals surface area contributed by atoms with Gasteiger partial charge in [0.25, 0.3) is 5.91 Å². The van der Waals surface area contributed by atoms with Gasteiger partial charge in [0.05, 0.1) is 5.56 Å². The summed E-state index contributed by atoms with van der Waals surface area (Å²) in [6, 6.07) is 7.43. The Bertz CT molecular complexity index is 721. The van der Waals surface area contributed by atoms with Crippen molar-refractivity contribution >= 4 is 5.91 Å². The Morgan fingerprint density at radius 3 is 2.76 bits per heavy atom. The second-order valence-electron chi connectivity index (χ2n) is 6.50. The van der Waals surface area contributed by atoms with Gasteiger partial charge in [-0.05, 0) is 37.8 Å². The number of hydrogen-bond acceptors (Lipinski definition) is 6. The molecule has 7 nitrogen and oxygen atoms in total. The standard InChI is InChI=1S/C18H24N4O3/c1-12(19)14-7-9-22(10-8-14)18(23)15-5-3-4-6-16(15)24-11-17-20-13(2)25-21-17/h3-6,12,14H,7-11,19H2,1-2H3. The minimum Gasteiger partial charge on any atom is -0.485 e. The number of rotatable bonds is 5. The van der Waals surface area contributed by atoms with Gasteiger partial charge in [0.2, 0.25) is 11.7 Å². The average molecular weight is 344 g/mol.